The minimum atomic E-state index is -0.875. The number of nitrogens with zero attached hydrogens (tertiary/aromatic N) is 1. The van der Waals surface area contributed by atoms with Crippen LogP contribution in [0.5, 0.6) is 5.75 Å². The van der Waals surface area contributed by atoms with Crippen LogP contribution in [0.3, 0.4) is 0 Å². The highest BCUT2D eigenvalue weighted by Crippen LogP contribution is 2.13. The molecule has 0 heterocycles. The minimum absolute atomic E-state index is 0.00364. The van der Waals surface area contributed by atoms with Gasteiger partial charge >= 0.3 is 12.1 Å². The number of hydrogen-bond donors (Lipinski definition) is 2. The molecule has 1 atom stereocenters. The lowest BCUT2D eigenvalue weighted by Crippen LogP contribution is -2.40. The summed E-state index contributed by atoms with van der Waals surface area (Å²) in [7, 11) is 1.24. The highest BCUT2D eigenvalue weighted by atomic mass is 16.6. The van der Waals surface area contributed by atoms with E-state index in [4.69, 9.17) is 20.9 Å². The maximum atomic E-state index is 11.4. The topological polar surface area (TPSA) is 108 Å². The zero-order valence-corrected chi connectivity index (χ0v) is 12.2. The van der Waals surface area contributed by atoms with E-state index in [1.165, 1.54) is 7.05 Å². The average Bonchev–Trinajstić information content (AvgIpc) is 2.46. The Morgan fingerprint density at radius 2 is 1.90 bits per heavy atom. The SMILES string of the molecule is CCOc1ccc(C[C@@H](N)COC(=O)N(C)C(N)=O)cc1. The molecule has 116 valence electrons. The summed E-state index contributed by atoms with van der Waals surface area (Å²) in [6.07, 6.45) is -0.274. The van der Waals surface area contributed by atoms with Crippen LogP contribution >= 0.6 is 0 Å². The first-order valence-electron chi connectivity index (χ1n) is 6.61. The van der Waals surface area contributed by atoms with Crippen molar-refractivity contribution >= 4 is 12.1 Å². The quantitative estimate of drug-likeness (QED) is 0.817. The molecule has 0 fully saturated rings. The molecule has 7 heteroatoms. The van der Waals surface area contributed by atoms with Gasteiger partial charge in [0.15, 0.2) is 0 Å². The van der Waals surface area contributed by atoms with Crippen LogP contribution < -0.4 is 16.2 Å². The van der Waals surface area contributed by atoms with Gasteiger partial charge in [-0.15, -0.1) is 0 Å². The number of imide groups is 1. The molecule has 0 radical (unpaired) electrons. The number of hydrogen-bond acceptors (Lipinski definition) is 5. The van der Waals surface area contributed by atoms with E-state index in [9.17, 15) is 9.59 Å². The predicted octanol–water partition coefficient (Wildman–Crippen LogP) is 1.10. The molecule has 0 unspecified atom stereocenters. The van der Waals surface area contributed by atoms with Crippen molar-refractivity contribution in [3.05, 3.63) is 29.8 Å². The number of carbonyl (C=O) groups is 2. The van der Waals surface area contributed by atoms with E-state index in [2.05, 4.69) is 0 Å². The second-order valence-electron chi connectivity index (χ2n) is 4.52. The van der Waals surface area contributed by atoms with Gasteiger partial charge in [0, 0.05) is 13.1 Å². The van der Waals surface area contributed by atoms with Crippen LogP contribution in [-0.4, -0.2) is 43.3 Å². The molecule has 0 aromatic heterocycles. The van der Waals surface area contributed by atoms with Crippen LogP contribution in [0.25, 0.3) is 0 Å². The number of ether oxygens (including phenoxy) is 2. The smallest absolute Gasteiger partial charge is 0.417 e. The van der Waals surface area contributed by atoms with Crippen LogP contribution in [0.15, 0.2) is 24.3 Å². The zero-order chi connectivity index (χ0) is 15.8. The maximum absolute atomic E-state index is 11.4. The van der Waals surface area contributed by atoms with E-state index in [1.54, 1.807) is 0 Å². The summed E-state index contributed by atoms with van der Waals surface area (Å²) in [5.74, 6) is 0.796. The normalized spacial score (nSPS) is 11.6. The molecule has 0 saturated carbocycles. The first-order valence-corrected chi connectivity index (χ1v) is 6.61. The van der Waals surface area contributed by atoms with Gasteiger partial charge in [0.1, 0.15) is 12.4 Å². The molecule has 4 N–H and O–H groups in total. The van der Waals surface area contributed by atoms with Gasteiger partial charge in [0.2, 0.25) is 0 Å². The summed E-state index contributed by atoms with van der Waals surface area (Å²) in [5.41, 5.74) is 11.8. The molecule has 1 aromatic rings. The van der Waals surface area contributed by atoms with Crippen LogP contribution in [0.4, 0.5) is 9.59 Å². The monoisotopic (exact) mass is 295 g/mol. The van der Waals surface area contributed by atoms with Crippen molar-refractivity contribution in [3.8, 4) is 5.75 Å². The van der Waals surface area contributed by atoms with Crippen molar-refractivity contribution in [2.75, 3.05) is 20.3 Å². The van der Waals surface area contributed by atoms with E-state index in [0.29, 0.717) is 17.9 Å². The van der Waals surface area contributed by atoms with E-state index < -0.39 is 12.1 Å². The van der Waals surface area contributed by atoms with Crippen molar-refractivity contribution in [2.24, 2.45) is 11.5 Å². The van der Waals surface area contributed by atoms with Gasteiger partial charge in [0.25, 0.3) is 0 Å². The molecular weight excluding hydrogens is 274 g/mol. The number of urea groups is 1. The van der Waals surface area contributed by atoms with Crippen molar-refractivity contribution in [2.45, 2.75) is 19.4 Å². The number of primary amides is 1. The number of nitrogens with two attached hydrogens (primary N) is 2. The molecule has 1 aromatic carbocycles. The Labute approximate surface area is 123 Å². The lowest BCUT2D eigenvalue weighted by atomic mass is 10.1. The Balaban J connectivity index is 2.41. The summed E-state index contributed by atoms with van der Waals surface area (Å²) >= 11 is 0. The Hall–Kier alpha value is -2.28. The molecule has 0 saturated heterocycles. The lowest BCUT2D eigenvalue weighted by molar-refractivity contribution is 0.112. The molecular formula is C14H21N3O4. The first-order chi connectivity index (χ1) is 9.93. The molecule has 0 aliphatic carbocycles. The van der Waals surface area contributed by atoms with Gasteiger partial charge in [-0.3, -0.25) is 0 Å². The summed E-state index contributed by atoms with van der Waals surface area (Å²) in [5, 5.41) is 0. The minimum Gasteiger partial charge on any atom is -0.494 e. The predicted molar refractivity (Wildman–Crippen MR) is 78.0 cm³/mol. The van der Waals surface area contributed by atoms with Gasteiger partial charge in [-0.05, 0) is 31.0 Å². The Morgan fingerprint density at radius 3 is 2.43 bits per heavy atom. The molecule has 0 bridgehead atoms. The van der Waals surface area contributed by atoms with Gasteiger partial charge in [-0.2, -0.15) is 0 Å². The van der Waals surface area contributed by atoms with Gasteiger partial charge < -0.3 is 20.9 Å². The van der Waals surface area contributed by atoms with Crippen molar-refractivity contribution < 1.29 is 19.1 Å². The Kier molecular flexibility index (Phi) is 6.48. The highest BCUT2D eigenvalue weighted by molar-refractivity contribution is 5.89. The number of amides is 3. The fourth-order valence-corrected chi connectivity index (χ4v) is 1.62. The molecule has 21 heavy (non-hydrogen) atoms. The molecule has 0 aliphatic heterocycles. The zero-order valence-electron chi connectivity index (χ0n) is 12.2. The fourth-order valence-electron chi connectivity index (χ4n) is 1.62. The van der Waals surface area contributed by atoms with E-state index in [-0.39, 0.29) is 12.6 Å². The summed E-state index contributed by atoms with van der Waals surface area (Å²) in [6.45, 7) is 2.53. The first kappa shape index (κ1) is 16.8. The Morgan fingerprint density at radius 1 is 1.29 bits per heavy atom. The molecule has 7 nitrogen and oxygen atoms in total. The Bertz CT molecular complexity index is 476. The second-order valence-corrected chi connectivity index (χ2v) is 4.52. The number of benzene rings is 1. The van der Waals surface area contributed by atoms with Crippen LogP contribution in [-0.2, 0) is 11.2 Å². The standard InChI is InChI=1S/C14H21N3O4/c1-3-20-12-6-4-10(5-7-12)8-11(15)9-21-14(19)17(2)13(16)18/h4-7,11H,3,8-9,15H2,1-2H3,(H2,16,18)/t11-/m1/s1. The average molecular weight is 295 g/mol. The van der Waals surface area contributed by atoms with Crippen molar-refractivity contribution in [1.82, 2.24) is 4.90 Å². The van der Waals surface area contributed by atoms with E-state index >= 15 is 0 Å². The van der Waals surface area contributed by atoms with Crippen LogP contribution in [0, 0.1) is 0 Å². The summed E-state index contributed by atoms with van der Waals surface area (Å²) in [4.78, 5) is 22.8. The molecule has 0 spiro atoms. The van der Waals surface area contributed by atoms with Gasteiger partial charge in [0.05, 0.1) is 6.61 Å². The largest absolute Gasteiger partial charge is 0.494 e. The second kappa shape index (κ2) is 8.11. The van der Waals surface area contributed by atoms with Crippen molar-refractivity contribution in [3.63, 3.8) is 0 Å². The summed E-state index contributed by atoms with van der Waals surface area (Å²) in [6, 6.07) is 6.29. The number of carbonyl (C=O) groups excluding carboxylic acids is 2. The summed E-state index contributed by atoms with van der Waals surface area (Å²) < 4.78 is 10.2. The van der Waals surface area contributed by atoms with E-state index in [0.717, 1.165) is 11.3 Å². The number of rotatable bonds is 6. The van der Waals surface area contributed by atoms with Gasteiger partial charge in [-0.1, -0.05) is 12.1 Å². The van der Waals surface area contributed by atoms with E-state index in [1.807, 2.05) is 31.2 Å². The molecule has 0 aliphatic rings. The van der Waals surface area contributed by atoms with Gasteiger partial charge in [-0.25, -0.2) is 14.5 Å². The molecule has 3 amide bonds. The highest BCUT2D eigenvalue weighted by Gasteiger charge is 2.16. The lowest BCUT2D eigenvalue weighted by Gasteiger charge is -2.16. The van der Waals surface area contributed by atoms with Crippen molar-refractivity contribution in [1.29, 1.82) is 0 Å². The fraction of sp³-hybridized carbons (Fsp3) is 0.429. The maximum Gasteiger partial charge on any atom is 0.417 e. The molecule has 1 rings (SSSR count). The van der Waals surface area contributed by atoms with Crippen LogP contribution in [0.1, 0.15) is 12.5 Å². The third-order valence-corrected chi connectivity index (χ3v) is 2.76. The van der Waals surface area contributed by atoms with Crippen LogP contribution in [0.2, 0.25) is 0 Å². The third kappa shape index (κ3) is 5.70. The third-order valence-electron chi connectivity index (χ3n) is 2.76.